The Labute approximate surface area is 130 Å². The molecule has 1 rings (SSSR count). The predicted octanol–water partition coefficient (Wildman–Crippen LogP) is 3.07. The van der Waals surface area contributed by atoms with Gasteiger partial charge < -0.3 is 9.64 Å². The lowest BCUT2D eigenvalue weighted by molar-refractivity contribution is -0.266. The third-order valence-corrected chi connectivity index (χ3v) is 3.06. The van der Waals surface area contributed by atoms with Crippen LogP contribution >= 0.6 is 0 Å². The number of alkyl halides is 5. The second kappa shape index (κ2) is 6.45. The van der Waals surface area contributed by atoms with Crippen molar-refractivity contribution in [3.63, 3.8) is 0 Å². The Kier molecular flexibility index (Phi) is 5.43. The fourth-order valence-corrected chi connectivity index (χ4v) is 2.00. The maximum atomic E-state index is 12.8. The molecule has 0 spiro atoms. The molecule has 132 valence electrons. The van der Waals surface area contributed by atoms with E-state index in [2.05, 4.69) is 0 Å². The zero-order chi connectivity index (χ0) is 18.1. The van der Waals surface area contributed by atoms with Crippen molar-refractivity contribution in [3.8, 4) is 0 Å². The Morgan fingerprint density at radius 2 is 1.70 bits per heavy atom. The number of likely N-dealkylation sites (tertiary alicyclic amines) is 1. The quantitative estimate of drug-likeness (QED) is 0.447. The normalized spacial score (nSPS) is 20.2. The van der Waals surface area contributed by atoms with Crippen LogP contribution in [0.15, 0.2) is 12.3 Å². The van der Waals surface area contributed by atoms with Gasteiger partial charge in [0.25, 0.3) is 0 Å². The average molecular weight is 343 g/mol. The minimum absolute atomic E-state index is 0.149. The Balaban J connectivity index is 2.79. The van der Waals surface area contributed by atoms with Crippen molar-refractivity contribution >= 4 is 11.8 Å². The summed E-state index contributed by atoms with van der Waals surface area (Å²) in [6.07, 6.45) is -4.12. The Bertz CT molecular complexity index is 494. The van der Waals surface area contributed by atoms with Gasteiger partial charge in [-0.3, -0.25) is 4.79 Å². The molecule has 0 bridgehead atoms. The van der Waals surface area contributed by atoms with Gasteiger partial charge in [-0.2, -0.15) is 22.0 Å². The number of carbonyl (C=O) groups excluding carboxylic acids is 2. The van der Waals surface area contributed by atoms with Crippen molar-refractivity contribution < 1.29 is 36.3 Å². The van der Waals surface area contributed by atoms with Crippen LogP contribution in [0.4, 0.5) is 22.0 Å². The van der Waals surface area contributed by atoms with Crippen molar-refractivity contribution in [2.24, 2.45) is 0 Å². The molecule has 0 saturated carbocycles. The highest BCUT2D eigenvalue weighted by molar-refractivity contribution is 5.96. The number of halogens is 5. The van der Waals surface area contributed by atoms with Crippen LogP contribution in [0.2, 0.25) is 0 Å². The summed E-state index contributed by atoms with van der Waals surface area (Å²) in [7, 11) is 0. The topological polar surface area (TPSA) is 46.6 Å². The maximum absolute atomic E-state index is 12.8. The summed E-state index contributed by atoms with van der Waals surface area (Å²) in [6, 6.07) is -0.808. The Morgan fingerprint density at radius 3 is 2.17 bits per heavy atom. The standard InChI is InChI=1S/C14H18F5NO3/c1-12(2,3)23-11(22)9-5-4-7-20(9)8-6-10(21)13(15,16)14(17,18)19/h6,8-9H,4-5,7H2,1-3H3/b8-6-/t9-/m1/s1. The van der Waals surface area contributed by atoms with Crippen molar-refractivity contribution in [2.45, 2.75) is 57.4 Å². The van der Waals surface area contributed by atoms with E-state index in [9.17, 15) is 31.5 Å². The van der Waals surface area contributed by atoms with Crippen molar-refractivity contribution in [3.05, 3.63) is 12.3 Å². The third kappa shape index (κ3) is 4.90. The summed E-state index contributed by atoms with van der Waals surface area (Å²) in [5.74, 6) is -8.44. The highest BCUT2D eigenvalue weighted by atomic mass is 19.4. The van der Waals surface area contributed by atoms with Gasteiger partial charge in [0.05, 0.1) is 0 Å². The first-order valence-electron chi connectivity index (χ1n) is 6.91. The Hall–Kier alpha value is -1.67. The highest BCUT2D eigenvalue weighted by Gasteiger charge is 2.62. The summed E-state index contributed by atoms with van der Waals surface area (Å²) in [4.78, 5) is 24.3. The van der Waals surface area contributed by atoms with Crippen LogP contribution in [-0.2, 0) is 14.3 Å². The number of ether oxygens (including phenoxy) is 1. The highest BCUT2D eigenvalue weighted by Crippen LogP contribution is 2.36. The minimum atomic E-state index is -5.95. The first-order valence-corrected chi connectivity index (χ1v) is 6.91. The first kappa shape index (κ1) is 19.4. The fourth-order valence-electron chi connectivity index (χ4n) is 2.00. The molecule has 1 atom stereocenters. The van der Waals surface area contributed by atoms with Gasteiger partial charge in [-0.25, -0.2) is 4.79 Å². The lowest BCUT2D eigenvalue weighted by Crippen LogP contribution is -2.43. The monoisotopic (exact) mass is 343 g/mol. The summed E-state index contributed by atoms with van der Waals surface area (Å²) in [6.45, 7) is 5.19. The molecule has 0 aromatic heterocycles. The van der Waals surface area contributed by atoms with E-state index >= 15 is 0 Å². The summed E-state index contributed by atoms with van der Waals surface area (Å²) >= 11 is 0. The van der Waals surface area contributed by atoms with E-state index in [1.165, 1.54) is 4.90 Å². The van der Waals surface area contributed by atoms with Crippen molar-refractivity contribution in [2.75, 3.05) is 6.54 Å². The molecule has 4 nitrogen and oxygen atoms in total. The number of rotatable bonds is 4. The number of nitrogens with zero attached hydrogens (tertiary/aromatic N) is 1. The maximum Gasteiger partial charge on any atom is 0.461 e. The van der Waals surface area contributed by atoms with Gasteiger partial charge in [0.1, 0.15) is 11.6 Å². The van der Waals surface area contributed by atoms with E-state index in [4.69, 9.17) is 4.74 Å². The second-order valence-electron chi connectivity index (χ2n) is 6.18. The van der Waals surface area contributed by atoms with Crippen LogP contribution in [0.1, 0.15) is 33.6 Å². The molecule has 23 heavy (non-hydrogen) atoms. The van der Waals surface area contributed by atoms with E-state index < -0.39 is 35.5 Å². The number of esters is 1. The van der Waals surface area contributed by atoms with E-state index in [1.807, 2.05) is 0 Å². The number of carbonyl (C=O) groups is 2. The fraction of sp³-hybridized carbons (Fsp3) is 0.714. The molecule has 0 aromatic rings. The van der Waals surface area contributed by atoms with Crippen LogP contribution in [0, 0.1) is 0 Å². The van der Waals surface area contributed by atoms with Gasteiger partial charge in [0.2, 0.25) is 5.78 Å². The lowest BCUT2D eigenvalue weighted by Gasteiger charge is -2.26. The average Bonchev–Trinajstić information content (AvgIpc) is 2.80. The molecule has 1 aliphatic heterocycles. The van der Waals surface area contributed by atoms with Gasteiger partial charge in [0, 0.05) is 18.8 Å². The summed E-state index contributed by atoms with van der Waals surface area (Å²) < 4.78 is 67.1. The molecular weight excluding hydrogens is 325 g/mol. The second-order valence-corrected chi connectivity index (χ2v) is 6.18. The molecule has 0 radical (unpaired) electrons. The number of allylic oxidation sites excluding steroid dienone is 1. The number of hydrogen-bond acceptors (Lipinski definition) is 4. The molecule has 1 heterocycles. The molecule has 0 aliphatic carbocycles. The molecule has 0 aromatic carbocycles. The molecule has 0 N–H and O–H groups in total. The van der Waals surface area contributed by atoms with Crippen LogP contribution < -0.4 is 0 Å². The third-order valence-electron chi connectivity index (χ3n) is 3.06. The van der Waals surface area contributed by atoms with Gasteiger partial charge in [-0.15, -0.1) is 0 Å². The molecule has 9 heteroatoms. The van der Waals surface area contributed by atoms with Crippen molar-refractivity contribution in [1.82, 2.24) is 4.90 Å². The molecule has 1 aliphatic rings. The molecule has 0 unspecified atom stereocenters. The van der Waals surface area contributed by atoms with E-state index in [-0.39, 0.29) is 12.6 Å². The van der Waals surface area contributed by atoms with E-state index in [0.717, 1.165) is 6.20 Å². The van der Waals surface area contributed by atoms with Crippen LogP contribution in [0.3, 0.4) is 0 Å². The van der Waals surface area contributed by atoms with Crippen LogP contribution in [0.5, 0.6) is 0 Å². The zero-order valence-corrected chi connectivity index (χ0v) is 12.9. The predicted molar refractivity (Wildman–Crippen MR) is 70.7 cm³/mol. The molecule has 0 amide bonds. The smallest absolute Gasteiger partial charge is 0.458 e. The molecule has 1 saturated heterocycles. The first-order chi connectivity index (χ1) is 10.3. The van der Waals surface area contributed by atoms with Crippen LogP contribution in [0.25, 0.3) is 0 Å². The van der Waals surface area contributed by atoms with Crippen molar-refractivity contribution in [1.29, 1.82) is 0 Å². The van der Waals surface area contributed by atoms with E-state index in [0.29, 0.717) is 12.8 Å². The number of ketones is 1. The SMILES string of the molecule is CC(C)(C)OC(=O)[C@H]1CCCN1/C=C\C(=O)C(F)(F)C(F)(F)F. The molecular formula is C14H18F5NO3. The summed E-state index contributed by atoms with van der Waals surface area (Å²) in [5.41, 5.74) is -0.756. The molecule has 1 fully saturated rings. The lowest BCUT2D eigenvalue weighted by atomic mass is 10.1. The van der Waals surface area contributed by atoms with E-state index in [1.54, 1.807) is 20.8 Å². The van der Waals surface area contributed by atoms with Crippen LogP contribution in [-0.4, -0.2) is 46.9 Å². The van der Waals surface area contributed by atoms with Gasteiger partial charge >= 0.3 is 18.1 Å². The van der Waals surface area contributed by atoms with Gasteiger partial charge in [0.15, 0.2) is 0 Å². The minimum Gasteiger partial charge on any atom is -0.458 e. The Morgan fingerprint density at radius 1 is 1.13 bits per heavy atom. The number of hydrogen-bond donors (Lipinski definition) is 0. The zero-order valence-electron chi connectivity index (χ0n) is 12.9. The van der Waals surface area contributed by atoms with Gasteiger partial charge in [-0.05, 0) is 33.6 Å². The largest absolute Gasteiger partial charge is 0.461 e. The van der Waals surface area contributed by atoms with Gasteiger partial charge in [-0.1, -0.05) is 0 Å². The summed E-state index contributed by atoms with van der Waals surface area (Å²) in [5, 5.41) is 0.